The molecule has 0 atom stereocenters. The molecule has 0 spiro atoms. The molecule has 8 nitrogen and oxygen atoms in total. The van der Waals surface area contributed by atoms with Gasteiger partial charge in [0.1, 0.15) is 12.2 Å². The molecule has 1 rings (SSSR count). The lowest BCUT2D eigenvalue weighted by Gasteiger charge is -2.02. The molecule has 8 heteroatoms. The van der Waals surface area contributed by atoms with Crippen LogP contribution in [0.4, 0.5) is 5.69 Å². The normalized spacial score (nSPS) is 9.00. The van der Waals surface area contributed by atoms with Crippen molar-refractivity contribution in [3.63, 3.8) is 0 Å². The molecule has 2 amide bonds. The second kappa shape index (κ2) is 10.1. The maximum Gasteiger partial charge on any atom is 0.310 e. The topological polar surface area (TPSA) is 139 Å². The molecule has 114 valence electrons. The molecular formula is C13H17N3O5. The summed E-state index contributed by atoms with van der Waals surface area (Å²) in [6.45, 7) is 1.24. The molecule has 0 aliphatic heterocycles. The van der Waals surface area contributed by atoms with Gasteiger partial charge in [-0.3, -0.25) is 24.2 Å². The van der Waals surface area contributed by atoms with Crippen molar-refractivity contribution < 1.29 is 24.3 Å². The molecule has 0 bridgehead atoms. The van der Waals surface area contributed by atoms with Crippen molar-refractivity contribution >= 4 is 29.3 Å². The molecule has 1 aromatic heterocycles. The van der Waals surface area contributed by atoms with Crippen molar-refractivity contribution in [2.45, 2.75) is 26.2 Å². The maximum atomic E-state index is 11.2. The van der Waals surface area contributed by atoms with Crippen molar-refractivity contribution in [1.29, 1.82) is 0 Å². The number of nitrogens with zero attached hydrogens (tertiary/aromatic N) is 1. The molecular weight excluding hydrogens is 278 g/mol. The highest BCUT2D eigenvalue weighted by Crippen LogP contribution is 2.04. The Morgan fingerprint density at radius 1 is 1.19 bits per heavy atom. The molecule has 0 unspecified atom stereocenters. The van der Waals surface area contributed by atoms with E-state index in [0.29, 0.717) is 5.69 Å². The summed E-state index contributed by atoms with van der Waals surface area (Å²) < 4.78 is 0. The second-order valence-corrected chi connectivity index (χ2v) is 4.02. The van der Waals surface area contributed by atoms with Crippen LogP contribution in [-0.2, 0) is 19.2 Å². The van der Waals surface area contributed by atoms with E-state index in [1.165, 1.54) is 6.92 Å². The van der Waals surface area contributed by atoms with Gasteiger partial charge in [0.2, 0.25) is 11.8 Å². The van der Waals surface area contributed by atoms with E-state index in [-0.39, 0.29) is 31.0 Å². The van der Waals surface area contributed by atoms with E-state index < -0.39 is 11.9 Å². The molecule has 1 heterocycles. The number of aliphatic carboxylic acids is 1. The highest BCUT2D eigenvalue weighted by Gasteiger charge is 2.03. The molecule has 0 radical (unpaired) electrons. The molecule has 4 N–H and O–H groups in total. The highest BCUT2D eigenvalue weighted by molar-refractivity contribution is 5.93. The third-order valence-electron chi connectivity index (χ3n) is 1.96. The predicted octanol–water partition coefficient (Wildman–Crippen LogP) is 0.336. The summed E-state index contributed by atoms with van der Waals surface area (Å²) in [5, 5.41) is 10.5. The van der Waals surface area contributed by atoms with E-state index in [1.807, 2.05) is 0 Å². The zero-order valence-electron chi connectivity index (χ0n) is 11.5. The Kier molecular flexibility index (Phi) is 8.74. The van der Waals surface area contributed by atoms with E-state index in [1.54, 1.807) is 24.5 Å². The molecule has 0 saturated carbocycles. The first-order valence-corrected chi connectivity index (χ1v) is 6.00. The van der Waals surface area contributed by atoms with E-state index in [4.69, 9.17) is 10.8 Å². The van der Waals surface area contributed by atoms with Crippen molar-refractivity contribution in [3.8, 4) is 0 Å². The molecule has 0 aliphatic carbocycles. The first-order chi connectivity index (χ1) is 9.81. The van der Waals surface area contributed by atoms with Crippen LogP contribution in [0.2, 0.25) is 0 Å². The molecule has 1 aromatic rings. The van der Waals surface area contributed by atoms with E-state index >= 15 is 0 Å². The Bertz CT molecular complexity index is 490. The summed E-state index contributed by atoms with van der Waals surface area (Å²) in [7, 11) is 0. The minimum Gasteiger partial charge on any atom is -0.481 e. The van der Waals surface area contributed by atoms with Gasteiger partial charge < -0.3 is 16.2 Å². The summed E-state index contributed by atoms with van der Waals surface area (Å²) in [6.07, 6.45) is 2.96. The number of carboxylic acids is 1. The lowest BCUT2D eigenvalue weighted by atomic mass is 10.3. The number of hydrogen-bond donors (Lipinski definition) is 3. The van der Waals surface area contributed by atoms with E-state index in [2.05, 4.69) is 10.3 Å². The number of aromatic nitrogens is 1. The van der Waals surface area contributed by atoms with Gasteiger partial charge in [-0.05, 0) is 19.1 Å². The summed E-state index contributed by atoms with van der Waals surface area (Å²) in [4.78, 5) is 44.8. The van der Waals surface area contributed by atoms with Crippen LogP contribution in [0.3, 0.4) is 0 Å². The lowest BCUT2D eigenvalue weighted by molar-refractivity contribution is -0.139. The predicted molar refractivity (Wildman–Crippen MR) is 74.2 cm³/mol. The fourth-order valence-electron chi connectivity index (χ4n) is 1.11. The van der Waals surface area contributed by atoms with Gasteiger partial charge in [-0.25, -0.2) is 0 Å². The number of carboxylic acid groups (broad SMARTS) is 1. The number of Topliss-reactive ketones (excluding diaryl/α,β-unsaturated/α-hetero) is 1. The van der Waals surface area contributed by atoms with Gasteiger partial charge in [0, 0.05) is 30.9 Å². The summed E-state index contributed by atoms with van der Waals surface area (Å²) in [6, 6.07) is 3.34. The van der Waals surface area contributed by atoms with Gasteiger partial charge in [0.05, 0.1) is 0 Å². The number of hydrogen-bond acceptors (Lipinski definition) is 5. The minimum absolute atomic E-state index is 0.0664. The van der Waals surface area contributed by atoms with Gasteiger partial charge in [-0.15, -0.1) is 0 Å². The van der Waals surface area contributed by atoms with Crippen LogP contribution in [0.5, 0.6) is 0 Å². The van der Waals surface area contributed by atoms with Gasteiger partial charge in [0.15, 0.2) is 0 Å². The van der Waals surface area contributed by atoms with Crippen LogP contribution < -0.4 is 11.1 Å². The standard InChI is InChI=1S/C9H11N3O2.C4H6O3/c10-8(13)1-2-9(14)12-7-3-5-11-6-4-7;1-3(5)2-4(6)7/h3-6H,1-2H2,(H2,10,13)(H,11,12,14);2H2,1H3,(H,6,7). The van der Waals surface area contributed by atoms with Crippen LogP contribution in [0.15, 0.2) is 24.5 Å². The summed E-state index contributed by atoms with van der Waals surface area (Å²) in [5.74, 6) is -2.08. The quantitative estimate of drug-likeness (QED) is 0.646. The average molecular weight is 295 g/mol. The minimum atomic E-state index is -1.06. The van der Waals surface area contributed by atoms with Crippen molar-refractivity contribution in [2.24, 2.45) is 5.73 Å². The third-order valence-corrected chi connectivity index (χ3v) is 1.96. The smallest absolute Gasteiger partial charge is 0.310 e. The average Bonchev–Trinajstić information content (AvgIpc) is 2.36. The number of amides is 2. The second-order valence-electron chi connectivity index (χ2n) is 4.02. The van der Waals surface area contributed by atoms with Crippen LogP contribution in [0.25, 0.3) is 0 Å². The third kappa shape index (κ3) is 12.0. The van der Waals surface area contributed by atoms with Crippen LogP contribution >= 0.6 is 0 Å². The number of nitrogens with two attached hydrogens (primary N) is 1. The zero-order chi connectivity index (χ0) is 16.3. The molecule has 21 heavy (non-hydrogen) atoms. The number of rotatable bonds is 6. The number of carbonyl (C=O) groups is 4. The summed E-state index contributed by atoms with van der Waals surface area (Å²) >= 11 is 0. The van der Waals surface area contributed by atoms with Crippen LogP contribution in [0.1, 0.15) is 26.2 Å². The van der Waals surface area contributed by atoms with E-state index in [9.17, 15) is 19.2 Å². The molecule has 0 aliphatic rings. The largest absolute Gasteiger partial charge is 0.481 e. The fourth-order valence-corrected chi connectivity index (χ4v) is 1.11. The van der Waals surface area contributed by atoms with Crippen molar-refractivity contribution in [3.05, 3.63) is 24.5 Å². The molecule has 0 fully saturated rings. The Hall–Kier alpha value is -2.77. The Morgan fingerprint density at radius 3 is 2.14 bits per heavy atom. The van der Waals surface area contributed by atoms with Crippen molar-refractivity contribution in [1.82, 2.24) is 4.98 Å². The lowest BCUT2D eigenvalue weighted by Crippen LogP contribution is -2.17. The Balaban J connectivity index is 0.000000486. The Morgan fingerprint density at radius 2 is 1.76 bits per heavy atom. The van der Waals surface area contributed by atoms with Gasteiger partial charge >= 0.3 is 5.97 Å². The van der Waals surface area contributed by atoms with Crippen molar-refractivity contribution in [2.75, 3.05) is 5.32 Å². The SMILES string of the molecule is CC(=O)CC(=O)O.NC(=O)CCC(=O)Nc1ccncc1. The van der Waals surface area contributed by atoms with Gasteiger partial charge in [0.25, 0.3) is 0 Å². The first-order valence-electron chi connectivity index (χ1n) is 6.00. The maximum absolute atomic E-state index is 11.2. The van der Waals surface area contributed by atoms with E-state index in [0.717, 1.165) is 0 Å². The van der Waals surface area contributed by atoms with Crippen LogP contribution in [-0.4, -0.2) is 33.7 Å². The zero-order valence-corrected chi connectivity index (χ0v) is 11.5. The molecule has 0 aromatic carbocycles. The highest BCUT2D eigenvalue weighted by atomic mass is 16.4. The van der Waals surface area contributed by atoms with Gasteiger partial charge in [-0.2, -0.15) is 0 Å². The number of anilines is 1. The molecule has 0 saturated heterocycles. The Labute approximate surface area is 121 Å². The van der Waals surface area contributed by atoms with Gasteiger partial charge in [-0.1, -0.05) is 0 Å². The fraction of sp³-hybridized carbons (Fsp3) is 0.308. The number of nitrogens with one attached hydrogen (secondary N) is 1. The first kappa shape index (κ1) is 18.2. The number of ketones is 1. The number of pyridine rings is 1. The monoisotopic (exact) mass is 295 g/mol. The summed E-state index contributed by atoms with van der Waals surface area (Å²) in [5.41, 5.74) is 5.57. The van der Waals surface area contributed by atoms with Crippen LogP contribution in [0, 0.1) is 0 Å². The number of primary amides is 1. The number of carbonyl (C=O) groups excluding carboxylic acids is 3.